The first-order valence-electron chi connectivity index (χ1n) is 9.07. The maximum absolute atomic E-state index is 12.5. The number of carbonyl (C=O) groups excluding carboxylic acids is 1. The average Bonchev–Trinajstić information content (AvgIpc) is 3.24. The molecule has 4 rings (SSSR count). The number of rotatable bonds is 5. The number of nitrogens with one attached hydrogen (secondary N) is 1. The highest BCUT2D eigenvalue weighted by Gasteiger charge is 2.08. The van der Waals surface area contributed by atoms with E-state index in [0.29, 0.717) is 5.56 Å². The minimum absolute atomic E-state index is 0.153. The van der Waals surface area contributed by atoms with E-state index < -0.39 is 0 Å². The molecule has 1 amide bonds. The lowest BCUT2D eigenvalue weighted by molar-refractivity contribution is 0.102. The summed E-state index contributed by atoms with van der Waals surface area (Å²) in [6.07, 6.45) is 5.30. The third-order valence-corrected chi connectivity index (χ3v) is 5.09. The lowest BCUT2D eigenvalue weighted by Gasteiger charge is -2.08. The van der Waals surface area contributed by atoms with Crippen molar-refractivity contribution in [2.75, 3.05) is 5.32 Å². The summed E-state index contributed by atoms with van der Waals surface area (Å²) < 4.78 is 1.89. The Morgan fingerprint density at radius 1 is 0.966 bits per heavy atom. The van der Waals surface area contributed by atoms with Gasteiger partial charge in [-0.3, -0.25) is 4.79 Å². The van der Waals surface area contributed by atoms with Crippen molar-refractivity contribution in [3.05, 3.63) is 90.3 Å². The molecular formula is C22H19N5OS. The van der Waals surface area contributed by atoms with Gasteiger partial charge >= 0.3 is 0 Å². The van der Waals surface area contributed by atoms with Gasteiger partial charge in [0.1, 0.15) is 0 Å². The van der Waals surface area contributed by atoms with Crippen LogP contribution in [0.5, 0.6) is 0 Å². The fourth-order valence-electron chi connectivity index (χ4n) is 2.85. The number of imidazole rings is 1. The zero-order valence-electron chi connectivity index (χ0n) is 16.0. The Bertz CT molecular complexity index is 1100. The zero-order chi connectivity index (χ0) is 20.2. The van der Waals surface area contributed by atoms with Gasteiger partial charge in [0.05, 0.1) is 6.33 Å². The van der Waals surface area contributed by atoms with Gasteiger partial charge in [-0.15, -0.1) is 0 Å². The van der Waals surface area contributed by atoms with Gasteiger partial charge in [-0.2, -0.15) is 0 Å². The molecule has 6 nitrogen and oxygen atoms in total. The number of carbonyl (C=O) groups is 1. The van der Waals surface area contributed by atoms with Crippen molar-refractivity contribution in [2.45, 2.75) is 23.9 Å². The number of amides is 1. The van der Waals surface area contributed by atoms with E-state index in [0.717, 1.165) is 32.8 Å². The van der Waals surface area contributed by atoms with Crippen molar-refractivity contribution in [1.82, 2.24) is 19.5 Å². The van der Waals surface area contributed by atoms with Crippen LogP contribution in [0.3, 0.4) is 0 Å². The fraction of sp³-hybridized carbons (Fsp3) is 0.0909. The van der Waals surface area contributed by atoms with Gasteiger partial charge in [0.15, 0.2) is 5.16 Å². The summed E-state index contributed by atoms with van der Waals surface area (Å²) >= 11 is 1.50. The number of nitrogens with zero attached hydrogens (tertiary/aromatic N) is 4. The molecule has 29 heavy (non-hydrogen) atoms. The van der Waals surface area contributed by atoms with Crippen molar-refractivity contribution in [1.29, 1.82) is 0 Å². The molecule has 0 fully saturated rings. The maximum atomic E-state index is 12.5. The van der Waals surface area contributed by atoms with Gasteiger partial charge in [0, 0.05) is 45.6 Å². The first-order valence-corrected chi connectivity index (χ1v) is 9.88. The maximum Gasteiger partial charge on any atom is 0.255 e. The third-order valence-electron chi connectivity index (χ3n) is 4.22. The van der Waals surface area contributed by atoms with Gasteiger partial charge in [-0.05, 0) is 80.2 Å². The van der Waals surface area contributed by atoms with Crippen LogP contribution < -0.4 is 5.32 Å². The number of aromatic nitrogens is 4. The number of hydrogen-bond acceptors (Lipinski definition) is 5. The quantitative estimate of drug-likeness (QED) is 0.492. The summed E-state index contributed by atoms with van der Waals surface area (Å²) in [5.41, 5.74) is 4.18. The molecule has 0 aliphatic rings. The van der Waals surface area contributed by atoms with Crippen LogP contribution in [0.1, 0.15) is 21.7 Å². The molecule has 0 saturated heterocycles. The Balaban J connectivity index is 1.41. The lowest BCUT2D eigenvalue weighted by Crippen LogP contribution is -2.11. The summed E-state index contributed by atoms with van der Waals surface area (Å²) in [5.74, 6) is -0.153. The molecule has 2 aromatic heterocycles. The van der Waals surface area contributed by atoms with Gasteiger partial charge in [0.2, 0.25) is 0 Å². The highest BCUT2D eigenvalue weighted by Crippen LogP contribution is 2.26. The molecule has 0 atom stereocenters. The molecule has 0 unspecified atom stereocenters. The summed E-state index contributed by atoms with van der Waals surface area (Å²) in [5, 5.41) is 3.64. The molecular weight excluding hydrogens is 382 g/mol. The highest BCUT2D eigenvalue weighted by atomic mass is 32.2. The number of hydrogen-bond donors (Lipinski definition) is 1. The second kappa shape index (κ2) is 8.28. The van der Waals surface area contributed by atoms with Gasteiger partial charge in [-0.1, -0.05) is 0 Å². The van der Waals surface area contributed by atoms with Crippen LogP contribution in [0.2, 0.25) is 0 Å². The van der Waals surface area contributed by atoms with Crippen LogP contribution >= 0.6 is 11.8 Å². The van der Waals surface area contributed by atoms with Crippen molar-refractivity contribution in [3.8, 4) is 5.69 Å². The van der Waals surface area contributed by atoms with Gasteiger partial charge in [-0.25, -0.2) is 15.0 Å². The predicted molar refractivity (Wildman–Crippen MR) is 114 cm³/mol. The van der Waals surface area contributed by atoms with E-state index in [1.165, 1.54) is 11.8 Å². The molecule has 0 bridgehead atoms. The molecule has 144 valence electrons. The predicted octanol–water partition coefficient (Wildman–Crippen LogP) is 4.68. The Labute approximate surface area is 173 Å². The van der Waals surface area contributed by atoms with Crippen LogP contribution in [0.15, 0.2) is 83.4 Å². The summed E-state index contributed by atoms with van der Waals surface area (Å²) in [7, 11) is 0. The zero-order valence-corrected chi connectivity index (χ0v) is 16.9. The molecule has 0 radical (unpaired) electrons. The third kappa shape index (κ3) is 4.70. The SMILES string of the molecule is Cc1cc(C)nc(Sc2ccc(NC(=O)c3ccc(-n4ccnc4)cc3)cc2)n1. The summed E-state index contributed by atoms with van der Waals surface area (Å²) in [4.78, 5) is 26.4. The first-order chi connectivity index (χ1) is 14.1. The second-order valence-corrected chi connectivity index (χ2v) is 7.57. The van der Waals surface area contributed by atoms with E-state index in [-0.39, 0.29) is 5.91 Å². The lowest BCUT2D eigenvalue weighted by atomic mass is 10.2. The van der Waals surface area contributed by atoms with Crippen molar-refractivity contribution in [2.24, 2.45) is 0 Å². The number of benzene rings is 2. The van der Waals surface area contributed by atoms with E-state index in [4.69, 9.17) is 0 Å². The van der Waals surface area contributed by atoms with Crippen LogP contribution in [0, 0.1) is 13.8 Å². The molecule has 7 heteroatoms. The van der Waals surface area contributed by atoms with Crippen molar-refractivity contribution >= 4 is 23.4 Å². The largest absolute Gasteiger partial charge is 0.322 e. The molecule has 2 heterocycles. The minimum Gasteiger partial charge on any atom is -0.322 e. The number of aryl methyl sites for hydroxylation is 2. The standard InChI is InChI=1S/C22H19N5OS/c1-15-13-16(2)25-22(24-15)29-20-9-5-18(6-10-20)26-21(28)17-3-7-19(8-4-17)27-12-11-23-14-27/h3-14H,1-2H3,(H,26,28). The van der Waals surface area contributed by atoms with E-state index in [9.17, 15) is 4.79 Å². The topological polar surface area (TPSA) is 72.7 Å². The van der Waals surface area contributed by atoms with Gasteiger partial charge < -0.3 is 9.88 Å². The van der Waals surface area contributed by atoms with Crippen LogP contribution in [0.4, 0.5) is 5.69 Å². The monoisotopic (exact) mass is 401 g/mol. The number of anilines is 1. The molecule has 0 aliphatic heterocycles. The smallest absolute Gasteiger partial charge is 0.255 e. The molecule has 0 spiro atoms. The van der Waals surface area contributed by atoms with E-state index in [1.54, 1.807) is 24.7 Å². The average molecular weight is 401 g/mol. The summed E-state index contributed by atoms with van der Waals surface area (Å²) in [6, 6.07) is 17.0. The molecule has 0 aliphatic carbocycles. The molecule has 0 saturated carbocycles. The molecule has 4 aromatic rings. The Kier molecular flexibility index (Phi) is 5.39. The fourth-order valence-corrected chi connectivity index (χ4v) is 3.71. The van der Waals surface area contributed by atoms with Gasteiger partial charge in [0.25, 0.3) is 5.91 Å². The molecule has 2 aromatic carbocycles. The van der Waals surface area contributed by atoms with Crippen molar-refractivity contribution in [3.63, 3.8) is 0 Å². The first kappa shape index (κ1) is 18.9. The van der Waals surface area contributed by atoms with E-state index >= 15 is 0 Å². The highest BCUT2D eigenvalue weighted by molar-refractivity contribution is 7.99. The Morgan fingerprint density at radius 3 is 2.28 bits per heavy atom. The Hall–Kier alpha value is -3.45. The van der Waals surface area contributed by atoms with E-state index in [1.807, 2.05) is 67.1 Å². The van der Waals surface area contributed by atoms with Crippen LogP contribution in [-0.4, -0.2) is 25.4 Å². The van der Waals surface area contributed by atoms with Crippen LogP contribution in [-0.2, 0) is 0 Å². The summed E-state index contributed by atoms with van der Waals surface area (Å²) in [6.45, 7) is 3.92. The molecule has 1 N–H and O–H groups in total. The minimum atomic E-state index is -0.153. The normalized spacial score (nSPS) is 10.7. The Morgan fingerprint density at radius 2 is 1.66 bits per heavy atom. The van der Waals surface area contributed by atoms with Crippen molar-refractivity contribution < 1.29 is 4.79 Å². The second-order valence-electron chi connectivity index (χ2n) is 6.53. The van der Waals surface area contributed by atoms with Crippen LogP contribution in [0.25, 0.3) is 5.69 Å². The van der Waals surface area contributed by atoms with E-state index in [2.05, 4.69) is 20.3 Å².